The van der Waals surface area contributed by atoms with Crippen LogP contribution in [0.2, 0.25) is 0 Å². The maximum absolute atomic E-state index is 13.1. The molecule has 2 aliphatic heterocycles. The van der Waals surface area contributed by atoms with E-state index in [2.05, 4.69) is 10.2 Å². The molecule has 3 heterocycles. The van der Waals surface area contributed by atoms with E-state index < -0.39 is 10.0 Å². The average molecular weight is 340 g/mol. The van der Waals surface area contributed by atoms with Crippen molar-refractivity contribution in [1.29, 1.82) is 0 Å². The number of carbonyl (C=O) groups excluding carboxylic acids is 1. The minimum Gasteiger partial charge on any atom is -0.354 e. The van der Waals surface area contributed by atoms with Crippen LogP contribution in [0.1, 0.15) is 29.8 Å². The lowest BCUT2D eigenvalue weighted by Gasteiger charge is -2.26. The highest BCUT2D eigenvalue weighted by atomic mass is 32.2. The normalized spacial score (nSPS) is 26.2. The molecule has 0 aliphatic carbocycles. The van der Waals surface area contributed by atoms with Gasteiger partial charge in [-0.2, -0.15) is 4.31 Å². The summed E-state index contributed by atoms with van der Waals surface area (Å²) in [6.07, 6.45) is 4.23. The zero-order valence-corrected chi connectivity index (χ0v) is 14.6. The van der Waals surface area contributed by atoms with Crippen LogP contribution in [0.3, 0.4) is 0 Å². The summed E-state index contributed by atoms with van der Waals surface area (Å²) >= 11 is 0. The molecule has 0 radical (unpaired) electrons. The largest absolute Gasteiger partial charge is 0.354 e. The lowest BCUT2D eigenvalue weighted by molar-refractivity contribution is 0.0955. The smallest absolute Gasteiger partial charge is 0.267 e. The van der Waals surface area contributed by atoms with Gasteiger partial charge in [0.1, 0.15) is 10.6 Å². The Morgan fingerprint density at radius 1 is 1.22 bits per heavy atom. The third kappa shape index (κ3) is 2.79. The summed E-state index contributed by atoms with van der Waals surface area (Å²) in [5, 5.41) is 2.54. The number of fused-ring (bicyclic) bond motifs is 2. The average Bonchev–Trinajstić information content (AvgIpc) is 3.03. The number of aryl methyl sites for hydroxylation is 1. The summed E-state index contributed by atoms with van der Waals surface area (Å²) in [7, 11) is 1.68. The van der Waals surface area contributed by atoms with E-state index in [-0.39, 0.29) is 22.9 Å². The van der Waals surface area contributed by atoms with Crippen molar-refractivity contribution in [2.24, 2.45) is 7.05 Å². The third-order valence-electron chi connectivity index (χ3n) is 4.93. The highest BCUT2D eigenvalue weighted by Crippen LogP contribution is 2.35. The third-order valence-corrected chi connectivity index (χ3v) is 6.90. The number of carbonyl (C=O) groups is 1. The van der Waals surface area contributed by atoms with Gasteiger partial charge >= 0.3 is 0 Å². The molecule has 2 atom stereocenters. The Hall–Kier alpha value is -1.38. The monoisotopic (exact) mass is 340 g/mol. The Morgan fingerprint density at radius 2 is 1.91 bits per heavy atom. The summed E-state index contributed by atoms with van der Waals surface area (Å²) in [6, 6.07) is 1.57. The van der Waals surface area contributed by atoms with E-state index in [1.54, 1.807) is 15.9 Å². The number of likely N-dealkylation sites (tertiary alicyclic amines) is 1. The van der Waals surface area contributed by atoms with Gasteiger partial charge in [0.25, 0.3) is 5.91 Å². The first-order valence-electron chi connectivity index (χ1n) is 7.95. The Bertz CT molecular complexity index is 712. The van der Waals surface area contributed by atoms with Crippen LogP contribution >= 0.6 is 0 Å². The highest BCUT2D eigenvalue weighted by Gasteiger charge is 2.44. The molecule has 2 fully saturated rings. The van der Waals surface area contributed by atoms with Crippen LogP contribution in [0.25, 0.3) is 0 Å². The van der Waals surface area contributed by atoms with Crippen LogP contribution in [0.4, 0.5) is 0 Å². The predicted octanol–water partition coefficient (Wildman–Crippen LogP) is 0.242. The Morgan fingerprint density at radius 3 is 2.61 bits per heavy atom. The number of nitrogens with zero attached hydrogens (tertiary/aromatic N) is 3. The van der Waals surface area contributed by atoms with E-state index in [4.69, 9.17) is 0 Å². The fourth-order valence-corrected chi connectivity index (χ4v) is 5.71. The molecule has 128 valence electrons. The molecular formula is C15H24N4O3S. The second-order valence-corrected chi connectivity index (χ2v) is 8.37. The lowest BCUT2D eigenvalue weighted by Crippen LogP contribution is -2.42. The minimum atomic E-state index is -3.58. The number of hydrogen-bond acceptors (Lipinski definition) is 4. The van der Waals surface area contributed by atoms with Crippen molar-refractivity contribution in [3.05, 3.63) is 18.0 Å². The second kappa shape index (κ2) is 5.92. The topological polar surface area (TPSA) is 74.7 Å². The first-order chi connectivity index (χ1) is 10.8. The van der Waals surface area contributed by atoms with Crippen molar-refractivity contribution < 1.29 is 13.2 Å². The van der Waals surface area contributed by atoms with Crippen LogP contribution in [0.5, 0.6) is 0 Å². The van der Waals surface area contributed by atoms with Crippen LogP contribution in [0, 0.1) is 0 Å². The van der Waals surface area contributed by atoms with Crippen molar-refractivity contribution in [3.63, 3.8) is 0 Å². The quantitative estimate of drug-likeness (QED) is 0.855. The molecule has 2 bridgehead atoms. The number of aromatic nitrogens is 1. The number of hydrogen-bond donors (Lipinski definition) is 1. The van der Waals surface area contributed by atoms with E-state index in [0.29, 0.717) is 5.69 Å². The van der Waals surface area contributed by atoms with Crippen LogP contribution in [-0.4, -0.2) is 67.4 Å². The Labute approximate surface area is 137 Å². The fraction of sp³-hybridized carbons (Fsp3) is 0.667. The number of likely N-dealkylation sites (N-methyl/N-ethyl adjacent to an activating group) is 1. The van der Waals surface area contributed by atoms with Gasteiger partial charge < -0.3 is 14.8 Å². The van der Waals surface area contributed by atoms with Crippen molar-refractivity contribution >= 4 is 15.9 Å². The minimum absolute atomic E-state index is 0.0288. The molecule has 2 aliphatic rings. The number of nitrogens with one attached hydrogen (secondary N) is 1. The molecule has 0 spiro atoms. The van der Waals surface area contributed by atoms with Crippen molar-refractivity contribution in [2.75, 3.05) is 27.2 Å². The number of sulfonamides is 1. The van der Waals surface area contributed by atoms with E-state index in [0.717, 1.165) is 32.4 Å². The molecule has 1 amide bonds. The lowest BCUT2D eigenvalue weighted by atomic mass is 10.1. The van der Waals surface area contributed by atoms with Crippen LogP contribution in [0.15, 0.2) is 17.2 Å². The fourth-order valence-electron chi connectivity index (χ4n) is 3.74. The zero-order valence-electron chi connectivity index (χ0n) is 13.8. The Balaban J connectivity index is 1.97. The summed E-state index contributed by atoms with van der Waals surface area (Å²) in [5.41, 5.74) is 0.352. The molecule has 1 unspecified atom stereocenters. The second-order valence-electron chi connectivity index (χ2n) is 6.52. The highest BCUT2D eigenvalue weighted by molar-refractivity contribution is 7.89. The number of rotatable bonds is 3. The summed E-state index contributed by atoms with van der Waals surface area (Å²) in [4.78, 5) is 14.3. The van der Waals surface area contributed by atoms with Crippen molar-refractivity contribution in [2.45, 2.75) is 36.2 Å². The first-order valence-corrected chi connectivity index (χ1v) is 9.39. The molecule has 1 aromatic heterocycles. The SMILES string of the molecule is CNC(=O)c1cc(S(=O)(=O)N2C3CC[C@@H]2CN(C)CC3)cn1C. The molecule has 7 nitrogen and oxygen atoms in total. The maximum atomic E-state index is 13.1. The summed E-state index contributed by atoms with van der Waals surface area (Å²) in [6.45, 7) is 1.69. The van der Waals surface area contributed by atoms with Gasteiger partial charge in [-0.05, 0) is 38.9 Å². The maximum Gasteiger partial charge on any atom is 0.267 e. The van der Waals surface area contributed by atoms with Gasteiger partial charge in [0, 0.05) is 38.9 Å². The van der Waals surface area contributed by atoms with Gasteiger partial charge in [-0.25, -0.2) is 8.42 Å². The van der Waals surface area contributed by atoms with Gasteiger partial charge in [-0.1, -0.05) is 0 Å². The molecule has 3 rings (SSSR count). The van der Waals surface area contributed by atoms with Gasteiger partial charge in [-0.3, -0.25) is 4.79 Å². The molecule has 2 saturated heterocycles. The number of amides is 1. The van der Waals surface area contributed by atoms with Crippen LogP contribution in [-0.2, 0) is 17.1 Å². The molecule has 0 saturated carbocycles. The van der Waals surface area contributed by atoms with E-state index in [9.17, 15) is 13.2 Å². The van der Waals surface area contributed by atoms with E-state index in [1.807, 2.05) is 7.05 Å². The predicted molar refractivity (Wildman–Crippen MR) is 86.8 cm³/mol. The first kappa shape index (κ1) is 16.5. The van der Waals surface area contributed by atoms with Crippen molar-refractivity contribution in [3.8, 4) is 0 Å². The molecular weight excluding hydrogens is 316 g/mol. The molecule has 8 heteroatoms. The van der Waals surface area contributed by atoms with E-state index in [1.165, 1.54) is 19.3 Å². The Kier molecular flexibility index (Phi) is 4.24. The van der Waals surface area contributed by atoms with Gasteiger partial charge in [0.2, 0.25) is 10.0 Å². The standard InChI is InChI=1S/C15H24N4O3S/c1-16-15(20)14-8-13(10-18(14)3)23(21,22)19-11-4-5-12(19)9-17(2)7-6-11/h8,10-12H,4-7,9H2,1-3H3,(H,16,20)/t11?,12-/m1/s1. The summed E-state index contributed by atoms with van der Waals surface area (Å²) in [5.74, 6) is -0.285. The van der Waals surface area contributed by atoms with Gasteiger partial charge in [0.05, 0.1) is 0 Å². The molecule has 23 heavy (non-hydrogen) atoms. The molecule has 1 aromatic rings. The summed E-state index contributed by atoms with van der Waals surface area (Å²) < 4.78 is 29.6. The van der Waals surface area contributed by atoms with Gasteiger partial charge in [-0.15, -0.1) is 0 Å². The van der Waals surface area contributed by atoms with Crippen LogP contribution < -0.4 is 5.32 Å². The van der Waals surface area contributed by atoms with E-state index >= 15 is 0 Å². The molecule has 0 aromatic carbocycles. The molecule has 1 N–H and O–H groups in total. The van der Waals surface area contributed by atoms with Gasteiger partial charge in [0.15, 0.2) is 0 Å². The zero-order chi connectivity index (χ0) is 16.8. The van der Waals surface area contributed by atoms with Crippen molar-refractivity contribution in [1.82, 2.24) is 19.1 Å².